The maximum atomic E-state index is 12.9. The van der Waals surface area contributed by atoms with Crippen LogP contribution in [-0.4, -0.2) is 39.4 Å². The number of halogens is 1. The maximum absolute atomic E-state index is 12.9. The van der Waals surface area contributed by atoms with E-state index in [1.807, 2.05) is 19.1 Å². The van der Waals surface area contributed by atoms with Gasteiger partial charge < -0.3 is 15.0 Å². The molecule has 0 unspecified atom stereocenters. The second-order valence-corrected chi connectivity index (χ2v) is 4.36. The zero-order valence-corrected chi connectivity index (χ0v) is 12.0. The van der Waals surface area contributed by atoms with Crippen LogP contribution >= 0.6 is 0 Å². The molecule has 0 saturated heterocycles. The second-order valence-electron chi connectivity index (χ2n) is 4.36. The third kappa shape index (κ3) is 6.55. The van der Waals surface area contributed by atoms with Gasteiger partial charge in [-0.3, -0.25) is 0 Å². The molecular weight excluding hydrogens is 243 g/mol. The lowest BCUT2D eigenvalue weighted by molar-refractivity contribution is 0.145. The summed E-state index contributed by atoms with van der Waals surface area (Å²) in [5, 5.41) is 3.39. The molecule has 3 nitrogen and oxygen atoms in total. The summed E-state index contributed by atoms with van der Waals surface area (Å²) in [5.41, 5.74) is 1.07. The topological polar surface area (TPSA) is 24.5 Å². The molecule has 19 heavy (non-hydrogen) atoms. The van der Waals surface area contributed by atoms with Crippen LogP contribution in [0.1, 0.15) is 20.3 Å². The van der Waals surface area contributed by atoms with E-state index in [4.69, 9.17) is 4.74 Å². The van der Waals surface area contributed by atoms with Crippen molar-refractivity contribution in [2.24, 2.45) is 0 Å². The smallest absolute Gasteiger partial charge is 0.123 e. The average molecular weight is 268 g/mol. The summed E-state index contributed by atoms with van der Waals surface area (Å²) in [5.74, 6) is -0.186. The van der Waals surface area contributed by atoms with Crippen molar-refractivity contribution in [3.05, 3.63) is 30.1 Å². The van der Waals surface area contributed by atoms with Crippen LogP contribution in [0.3, 0.4) is 0 Å². The molecule has 0 amide bonds. The maximum Gasteiger partial charge on any atom is 0.123 e. The van der Waals surface area contributed by atoms with Gasteiger partial charge in [0.25, 0.3) is 0 Å². The van der Waals surface area contributed by atoms with E-state index in [0.717, 1.165) is 51.5 Å². The third-order valence-electron chi connectivity index (χ3n) is 2.98. The Bertz CT molecular complexity index is 329. The number of hydrogen-bond donors (Lipinski definition) is 1. The molecule has 0 aliphatic carbocycles. The molecule has 1 rings (SSSR count). The Morgan fingerprint density at radius 1 is 1.16 bits per heavy atom. The van der Waals surface area contributed by atoms with Crippen LogP contribution in [0.4, 0.5) is 10.1 Å². The summed E-state index contributed by atoms with van der Waals surface area (Å²) in [6.45, 7) is 9.47. The summed E-state index contributed by atoms with van der Waals surface area (Å²) in [6.07, 6.45) is 1.04. The number of nitrogens with one attached hydrogen (secondary N) is 1. The molecule has 0 bridgehead atoms. The highest BCUT2D eigenvalue weighted by Gasteiger charge is 2.03. The number of anilines is 1. The molecule has 1 aromatic carbocycles. The fourth-order valence-corrected chi connectivity index (χ4v) is 1.90. The molecule has 0 fully saturated rings. The van der Waals surface area contributed by atoms with Gasteiger partial charge in [-0.05, 0) is 51.1 Å². The predicted octanol–water partition coefficient (Wildman–Crippen LogP) is 2.67. The zero-order valence-electron chi connectivity index (χ0n) is 12.0. The molecular formula is C15H25FN2O. The van der Waals surface area contributed by atoms with Crippen molar-refractivity contribution in [2.75, 3.05) is 44.3 Å². The van der Waals surface area contributed by atoms with Gasteiger partial charge >= 0.3 is 0 Å². The fraction of sp³-hybridized carbons (Fsp3) is 0.600. The summed E-state index contributed by atoms with van der Waals surface area (Å²) in [6, 6.07) is 6.67. The number of rotatable bonds is 10. The van der Waals surface area contributed by atoms with Crippen LogP contribution in [0.5, 0.6) is 0 Å². The quantitative estimate of drug-likeness (QED) is 0.660. The van der Waals surface area contributed by atoms with Crippen molar-refractivity contribution >= 4 is 5.69 Å². The first kappa shape index (κ1) is 15.9. The van der Waals surface area contributed by atoms with Gasteiger partial charge in [-0.2, -0.15) is 0 Å². The van der Waals surface area contributed by atoms with Crippen molar-refractivity contribution in [3.8, 4) is 0 Å². The summed E-state index contributed by atoms with van der Waals surface area (Å²) < 4.78 is 18.1. The van der Waals surface area contributed by atoms with Gasteiger partial charge in [-0.15, -0.1) is 0 Å². The Balaban J connectivity index is 2.20. The van der Waals surface area contributed by atoms with Crippen molar-refractivity contribution < 1.29 is 9.13 Å². The normalized spacial score (nSPS) is 10.7. The van der Waals surface area contributed by atoms with E-state index in [0.29, 0.717) is 0 Å². The van der Waals surface area contributed by atoms with Crippen LogP contribution in [-0.2, 0) is 4.74 Å². The Morgan fingerprint density at radius 2 is 1.89 bits per heavy atom. The minimum Gasteiger partial charge on any atom is -0.382 e. The van der Waals surface area contributed by atoms with E-state index in [1.165, 1.54) is 12.1 Å². The Morgan fingerprint density at radius 3 is 2.53 bits per heavy atom. The Kier molecular flexibility index (Phi) is 8.18. The Labute approximate surface area is 115 Å². The van der Waals surface area contributed by atoms with Gasteiger partial charge in [0, 0.05) is 38.5 Å². The highest BCUT2D eigenvalue weighted by molar-refractivity contribution is 5.46. The van der Waals surface area contributed by atoms with Crippen LogP contribution in [0.15, 0.2) is 24.3 Å². The molecule has 0 heterocycles. The molecule has 0 atom stereocenters. The van der Waals surface area contributed by atoms with E-state index >= 15 is 0 Å². The second kappa shape index (κ2) is 9.75. The number of ether oxygens (including phenoxy) is 1. The summed E-state index contributed by atoms with van der Waals surface area (Å²) in [4.78, 5) is 2.23. The zero-order chi connectivity index (χ0) is 13.9. The van der Waals surface area contributed by atoms with Crippen LogP contribution in [0.2, 0.25) is 0 Å². The Hall–Kier alpha value is -1.13. The van der Waals surface area contributed by atoms with E-state index in [9.17, 15) is 4.39 Å². The van der Waals surface area contributed by atoms with Gasteiger partial charge in [0.2, 0.25) is 0 Å². The average Bonchev–Trinajstić information content (AvgIpc) is 2.43. The molecule has 4 heteroatoms. The van der Waals surface area contributed by atoms with Crippen molar-refractivity contribution in [3.63, 3.8) is 0 Å². The van der Waals surface area contributed by atoms with Crippen LogP contribution < -0.4 is 10.2 Å². The van der Waals surface area contributed by atoms with Gasteiger partial charge in [0.15, 0.2) is 0 Å². The largest absolute Gasteiger partial charge is 0.382 e. The summed E-state index contributed by atoms with van der Waals surface area (Å²) >= 11 is 0. The van der Waals surface area contributed by atoms with E-state index in [2.05, 4.69) is 17.1 Å². The number of likely N-dealkylation sites (N-methyl/N-ethyl adjacent to an activating group) is 1. The molecule has 108 valence electrons. The van der Waals surface area contributed by atoms with Crippen molar-refractivity contribution in [1.29, 1.82) is 0 Å². The van der Waals surface area contributed by atoms with Gasteiger partial charge in [-0.25, -0.2) is 4.39 Å². The first-order valence-corrected chi connectivity index (χ1v) is 7.07. The SMILES string of the molecule is CCOCCCNCCN(CC)c1ccc(F)cc1. The highest BCUT2D eigenvalue weighted by atomic mass is 19.1. The minimum atomic E-state index is -0.186. The number of nitrogens with zero attached hydrogens (tertiary/aromatic N) is 1. The molecule has 1 N–H and O–H groups in total. The van der Waals surface area contributed by atoms with Crippen molar-refractivity contribution in [2.45, 2.75) is 20.3 Å². The molecule has 0 aliphatic heterocycles. The fourth-order valence-electron chi connectivity index (χ4n) is 1.90. The molecule has 0 aromatic heterocycles. The van der Waals surface area contributed by atoms with Gasteiger partial charge in [0.05, 0.1) is 0 Å². The molecule has 0 spiro atoms. The lowest BCUT2D eigenvalue weighted by Gasteiger charge is -2.23. The molecule has 1 aromatic rings. The monoisotopic (exact) mass is 268 g/mol. The molecule has 0 saturated carbocycles. The molecule has 0 radical (unpaired) electrons. The van der Waals surface area contributed by atoms with Crippen molar-refractivity contribution in [1.82, 2.24) is 5.32 Å². The number of benzene rings is 1. The predicted molar refractivity (Wildman–Crippen MR) is 78.3 cm³/mol. The van der Waals surface area contributed by atoms with Gasteiger partial charge in [-0.1, -0.05) is 0 Å². The van der Waals surface area contributed by atoms with Gasteiger partial charge in [0.1, 0.15) is 5.82 Å². The summed E-state index contributed by atoms with van der Waals surface area (Å²) in [7, 11) is 0. The first-order chi connectivity index (χ1) is 9.27. The lowest BCUT2D eigenvalue weighted by Crippen LogP contribution is -2.32. The number of hydrogen-bond acceptors (Lipinski definition) is 3. The van der Waals surface area contributed by atoms with E-state index in [-0.39, 0.29) is 5.82 Å². The van der Waals surface area contributed by atoms with Crippen LogP contribution in [0.25, 0.3) is 0 Å². The molecule has 0 aliphatic rings. The first-order valence-electron chi connectivity index (χ1n) is 7.07. The van der Waals surface area contributed by atoms with Crippen LogP contribution in [0, 0.1) is 5.82 Å². The van der Waals surface area contributed by atoms with E-state index in [1.54, 1.807) is 0 Å². The third-order valence-corrected chi connectivity index (χ3v) is 2.98. The van der Waals surface area contributed by atoms with E-state index < -0.39 is 0 Å². The standard InChI is InChI=1S/C15H25FN2O/c1-3-18(15-8-6-14(16)7-9-15)12-11-17-10-5-13-19-4-2/h6-9,17H,3-5,10-13H2,1-2H3. The highest BCUT2D eigenvalue weighted by Crippen LogP contribution is 2.13. The minimum absolute atomic E-state index is 0.186. The lowest BCUT2D eigenvalue weighted by atomic mass is 10.2.